The summed E-state index contributed by atoms with van der Waals surface area (Å²) in [6.45, 7) is 0. The number of ether oxygens (including phenoxy) is 1. The van der Waals surface area contributed by atoms with Crippen LogP contribution < -0.4 is 4.74 Å². The summed E-state index contributed by atoms with van der Waals surface area (Å²) in [4.78, 5) is -0.716. The summed E-state index contributed by atoms with van der Waals surface area (Å²) in [6, 6.07) is 3.19. The van der Waals surface area contributed by atoms with E-state index in [1.807, 2.05) is 0 Å². The first-order valence-electron chi connectivity index (χ1n) is 3.59. The monoisotopic (exact) mass is 386 g/mol. The van der Waals surface area contributed by atoms with E-state index in [1.54, 1.807) is 22.6 Å². The summed E-state index contributed by atoms with van der Waals surface area (Å²) in [6.07, 6.45) is -4.97. The van der Waals surface area contributed by atoms with Crippen LogP contribution in [0.1, 0.15) is 0 Å². The first kappa shape index (κ1) is 13.8. The Morgan fingerprint density at radius 1 is 1.31 bits per heavy atom. The number of rotatable bonds is 2. The SMILES string of the molecule is O=S(=O)(Cl)c1ccc(I)cc1OC(F)(F)F. The lowest BCUT2D eigenvalue weighted by molar-refractivity contribution is -0.275. The molecule has 0 bridgehead atoms. The summed E-state index contributed by atoms with van der Waals surface area (Å²) in [5, 5.41) is 0. The van der Waals surface area contributed by atoms with Gasteiger partial charge >= 0.3 is 6.36 Å². The number of hydrogen-bond acceptors (Lipinski definition) is 3. The molecule has 90 valence electrons. The molecule has 0 aliphatic heterocycles. The van der Waals surface area contributed by atoms with Gasteiger partial charge in [-0.25, -0.2) is 8.42 Å². The molecule has 0 aromatic heterocycles. The molecule has 1 aromatic rings. The number of halogens is 5. The van der Waals surface area contributed by atoms with Crippen molar-refractivity contribution in [3.8, 4) is 5.75 Å². The Bertz CT molecular complexity index is 500. The minimum absolute atomic E-state index is 0.390. The van der Waals surface area contributed by atoms with Gasteiger partial charge in [-0.3, -0.25) is 0 Å². The molecule has 0 amide bonds. The zero-order chi connectivity index (χ0) is 12.6. The van der Waals surface area contributed by atoms with Gasteiger partial charge in [-0.2, -0.15) is 0 Å². The molecule has 0 saturated heterocycles. The largest absolute Gasteiger partial charge is 0.573 e. The van der Waals surface area contributed by atoms with E-state index in [-0.39, 0.29) is 0 Å². The second-order valence-corrected chi connectivity index (χ2v) is 6.36. The van der Waals surface area contributed by atoms with Crippen LogP contribution in [0.3, 0.4) is 0 Å². The Labute approximate surface area is 107 Å². The molecule has 0 aliphatic carbocycles. The van der Waals surface area contributed by atoms with Gasteiger partial charge in [0.25, 0.3) is 9.05 Å². The highest BCUT2D eigenvalue weighted by Crippen LogP contribution is 2.32. The van der Waals surface area contributed by atoms with Crippen molar-refractivity contribution in [3.63, 3.8) is 0 Å². The molecular weight excluding hydrogens is 383 g/mol. The molecule has 1 rings (SSSR count). The van der Waals surface area contributed by atoms with Crippen LogP contribution in [0.15, 0.2) is 23.1 Å². The predicted octanol–water partition coefficient (Wildman–Crippen LogP) is 3.12. The average Bonchev–Trinajstić information content (AvgIpc) is 1.97. The van der Waals surface area contributed by atoms with E-state index in [9.17, 15) is 21.6 Å². The molecule has 0 unspecified atom stereocenters. The molecule has 0 N–H and O–H groups in total. The molecule has 0 spiro atoms. The number of alkyl halides is 3. The van der Waals surface area contributed by atoms with Crippen LogP contribution >= 0.6 is 33.3 Å². The van der Waals surface area contributed by atoms with Gasteiger partial charge < -0.3 is 4.74 Å². The van der Waals surface area contributed by atoms with Crippen LogP contribution in [0.25, 0.3) is 0 Å². The summed E-state index contributed by atoms with van der Waals surface area (Å²) in [5.74, 6) is -0.839. The van der Waals surface area contributed by atoms with E-state index in [0.29, 0.717) is 3.57 Å². The standard InChI is InChI=1S/C7H3ClF3IO3S/c8-16(13,14)6-2-1-4(12)3-5(6)15-7(9,10)11/h1-3H. The normalized spacial score (nSPS) is 12.6. The third-order valence-corrected chi connectivity index (χ3v) is 3.43. The summed E-state index contributed by atoms with van der Waals surface area (Å²) in [7, 11) is 0.689. The molecule has 0 atom stereocenters. The molecule has 0 fully saturated rings. The topological polar surface area (TPSA) is 43.4 Å². The van der Waals surface area contributed by atoms with E-state index >= 15 is 0 Å². The van der Waals surface area contributed by atoms with Gasteiger partial charge in [0, 0.05) is 14.3 Å². The fourth-order valence-corrected chi connectivity index (χ4v) is 2.30. The van der Waals surface area contributed by atoms with E-state index < -0.39 is 26.1 Å². The molecule has 0 saturated carbocycles. The maximum atomic E-state index is 12.0. The minimum atomic E-state index is -4.97. The van der Waals surface area contributed by atoms with Crippen molar-refractivity contribution < 1.29 is 26.3 Å². The van der Waals surface area contributed by atoms with Crippen LogP contribution in [0.5, 0.6) is 5.75 Å². The van der Waals surface area contributed by atoms with Gasteiger partial charge in [0.05, 0.1) is 0 Å². The van der Waals surface area contributed by atoms with Gasteiger partial charge in [0.1, 0.15) is 10.6 Å². The van der Waals surface area contributed by atoms with Gasteiger partial charge in [0.2, 0.25) is 0 Å². The summed E-state index contributed by atoms with van der Waals surface area (Å²) < 4.78 is 61.8. The van der Waals surface area contributed by atoms with E-state index in [1.165, 1.54) is 6.07 Å². The van der Waals surface area contributed by atoms with E-state index in [0.717, 1.165) is 12.1 Å². The highest BCUT2D eigenvalue weighted by Gasteiger charge is 2.33. The molecule has 9 heteroatoms. The Kier molecular flexibility index (Phi) is 3.95. The van der Waals surface area contributed by atoms with Crippen molar-refractivity contribution in [2.45, 2.75) is 11.3 Å². The van der Waals surface area contributed by atoms with Crippen molar-refractivity contribution >= 4 is 42.3 Å². The van der Waals surface area contributed by atoms with Crippen molar-refractivity contribution in [1.82, 2.24) is 0 Å². The zero-order valence-corrected chi connectivity index (χ0v) is 11.0. The lowest BCUT2D eigenvalue weighted by atomic mass is 10.3. The van der Waals surface area contributed by atoms with E-state index in [4.69, 9.17) is 10.7 Å². The minimum Gasteiger partial charge on any atom is -0.404 e. The molecule has 1 aromatic carbocycles. The molecule has 0 radical (unpaired) electrons. The fraction of sp³-hybridized carbons (Fsp3) is 0.143. The molecule has 16 heavy (non-hydrogen) atoms. The van der Waals surface area contributed by atoms with Crippen LogP contribution in [0.2, 0.25) is 0 Å². The highest BCUT2D eigenvalue weighted by molar-refractivity contribution is 14.1. The van der Waals surface area contributed by atoms with Crippen LogP contribution in [-0.4, -0.2) is 14.8 Å². The first-order chi connectivity index (χ1) is 7.09. The Morgan fingerprint density at radius 3 is 2.31 bits per heavy atom. The first-order valence-corrected chi connectivity index (χ1v) is 6.98. The second-order valence-electron chi connectivity index (χ2n) is 2.58. The Morgan fingerprint density at radius 2 is 1.88 bits per heavy atom. The maximum Gasteiger partial charge on any atom is 0.573 e. The molecule has 3 nitrogen and oxygen atoms in total. The van der Waals surface area contributed by atoms with E-state index in [2.05, 4.69) is 4.74 Å². The maximum absolute atomic E-state index is 12.0. The highest BCUT2D eigenvalue weighted by atomic mass is 127. The number of benzene rings is 1. The molecule has 0 heterocycles. The van der Waals surface area contributed by atoms with Gasteiger partial charge in [-0.15, -0.1) is 13.2 Å². The Hall–Kier alpha value is -0.220. The molecule has 0 aliphatic rings. The van der Waals surface area contributed by atoms with Crippen molar-refractivity contribution in [1.29, 1.82) is 0 Å². The Balaban J connectivity index is 3.30. The van der Waals surface area contributed by atoms with Crippen LogP contribution in [-0.2, 0) is 9.05 Å². The predicted molar refractivity (Wildman–Crippen MR) is 58.9 cm³/mol. The van der Waals surface area contributed by atoms with Gasteiger partial charge in [-0.05, 0) is 40.8 Å². The van der Waals surface area contributed by atoms with Gasteiger partial charge in [-0.1, -0.05) is 0 Å². The van der Waals surface area contributed by atoms with Crippen molar-refractivity contribution in [3.05, 3.63) is 21.8 Å². The smallest absolute Gasteiger partial charge is 0.404 e. The quantitative estimate of drug-likeness (QED) is 0.579. The van der Waals surface area contributed by atoms with Gasteiger partial charge in [0.15, 0.2) is 0 Å². The van der Waals surface area contributed by atoms with Crippen molar-refractivity contribution in [2.24, 2.45) is 0 Å². The summed E-state index contributed by atoms with van der Waals surface area (Å²) >= 11 is 1.72. The van der Waals surface area contributed by atoms with Crippen molar-refractivity contribution in [2.75, 3.05) is 0 Å². The lowest BCUT2D eigenvalue weighted by Gasteiger charge is -2.11. The summed E-state index contributed by atoms with van der Waals surface area (Å²) in [5.41, 5.74) is 0. The third-order valence-electron chi connectivity index (χ3n) is 1.39. The number of hydrogen-bond donors (Lipinski definition) is 0. The second kappa shape index (κ2) is 4.57. The zero-order valence-electron chi connectivity index (χ0n) is 7.25. The van der Waals surface area contributed by atoms with Crippen LogP contribution in [0, 0.1) is 3.57 Å². The third kappa shape index (κ3) is 3.98. The average molecular weight is 387 g/mol. The van der Waals surface area contributed by atoms with Crippen LogP contribution in [0.4, 0.5) is 13.2 Å². The lowest BCUT2D eigenvalue weighted by Crippen LogP contribution is -2.18. The fourth-order valence-electron chi connectivity index (χ4n) is 0.888. The molecular formula is C7H3ClF3IO3S.